The van der Waals surface area contributed by atoms with Crippen molar-refractivity contribution in [2.24, 2.45) is 16.8 Å². The van der Waals surface area contributed by atoms with Gasteiger partial charge >= 0.3 is 6.18 Å². The lowest BCUT2D eigenvalue weighted by atomic mass is 10.1. The summed E-state index contributed by atoms with van der Waals surface area (Å²) in [6, 6.07) is 0.148. The van der Waals surface area contributed by atoms with Gasteiger partial charge in [0.1, 0.15) is 5.92 Å². The average Bonchev–Trinajstić information content (AvgIpc) is 2.36. The standard InChI is InChI=1S/C11H22F3N5O/c1-18-3-4-19(2)8(7-18)5-16-6-9(10(15)17-20)11(12,13)14/h8-9,16,20H,3-7H2,1-2H3,(H2,15,17). The molecule has 0 spiro atoms. The number of halogens is 3. The van der Waals surface area contributed by atoms with Crippen LogP contribution in [0.5, 0.6) is 0 Å². The summed E-state index contributed by atoms with van der Waals surface area (Å²) in [5.41, 5.74) is 5.09. The minimum absolute atomic E-state index is 0.148. The summed E-state index contributed by atoms with van der Waals surface area (Å²) in [5.74, 6) is -2.79. The van der Waals surface area contributed by atoms with Gasteiger partial charge in [0.2, 0.25) is 0 Å². The molecule has 0 radical (unpaired) electrons. The van der Waals surface area contributed by atoms with E-state index in [4.69, 9.17) is 10.9 Å². The molecule has 0 aromatic rings. The molecular weight excluding hydrogens is 275 g/mol. The second-order valence-electron chi connectivity index (χ2n) is 5.17. The van der Waals surface area contributed by atoms with Crippen molar-refractivity contribution in [3.05, 3.63) is 0 Å². The van der Waals surface area contributed by atoms with Crippen LogP contribution in [0.3, 0.4) is 0 Å². The van der Waals surface area contributed by atoms with E-state index >= 15 is 0 Å². The van der Waals surface area contributed by atoms with E-state index in [9.17, 15) is 13.2 Å². The Bertz CT molecular complexity index is 337. The lowest BCUT2D eigenvalue weighted by Gasteiger charge is -2.38. The predicted molar refractivity (Wildman–Crippen MR) is 69.7 cm³/mol. The molecule has 4 N–H and O–H groups in total. The fourth-order valence-corrected chi connectivity index (χ4v) is 2.17. The summed E-state index contributed by atoms with van der Waals surface area (Å²) < 4.78 is 38.2. The van der Waals surface area contributed by atoms with Gasteiger partial charge in [-0.3, -0.25) is 4.90 Å². The van der Waals surface area contributed by atoms with E-state index < -0.39 is 24.5 Å². The van der Waals surface area contributed by atoms with Crippen LogP contribution in [0.4, 0.5) is 13.2 Å². The largest absolute Gasteiger partial charge is 0.409 e. The van der Waals surface area contributed by atoms with Crippen LogP contribution < -0.4 is 11.1 Å². The fourth-order valence-electron chi connectivity index (χ4n) is 2.17. The van der Waals surface area contributed by atoms with Gasteiger partial charge in [-0.05, 0) is 14.1 Å². The molecule has 0 amide bonds. The third-order valence-electron chi connectivity index (χ3n) is 3.58. The molecular formula is C11H22F3N5O. The predicted octanol–water partition coefficient (Wildman–Crippen LogP) is -0.253. The summed E-state index contributed by atoms with van der Waals surface area (Å²) in [7, 11) is 3.93. The topological polar surface area (TPSA) is 77.1 Å². The van der Waals surface area contributed by atoms with Gasteiger partial charge in [0.25, 0.3) is 0 Å². The second-order valence-corrected chi connectivity index (χ2v) is 5.17. The molecule has 20 heavy (non-hydrogen) atoms. The molecule has 1 aliphatic rings. The second kappa shape index (κ2) is 7.09. The molecule has 9 heteroatoms. The van der Waals surface area contributed by atoms with Crippen molar-refractivity contribution >= 4 is 5.84 Å². The normalized spacial score (nSPS) is 24.9. The summed E-state index contributed by atoms with van der Waals surface area (Å²) in [6.07, 6.45) is -4.53. The Labute approximate surface area is 116 Å². The summed E-state index contributed by atoms with van der Waals surface area (Å²) in [4.78, 5) is 4.25. The van der Waals surface area contributed by atoms with Gasteiger partial charge in [-0.15, -0.1) is 0 Å². The Morgan fingerprint density at radius 2 is 2.10 bits per heavy atom. The highest BCUT2D eigenvalue weighted by atomic mass is 19.4. The molecule has 1 aliphatic heterocycles. The van der Waals surface area contributed by atoms with E-state index in [0.29, 0.717) is 6.54 Å². The third-order valence-corrected chi connectivity index (χ3v) is 3.58. The number of nitrogens with two attached hydrogens (primary N) is 1. The number of oxime groups is 1. The van der Waals surface area contributed by atoms with Gasteiger partial charge < -0.3 is 21.2 Å². The maximum absolute atomic E-state index is 12.7. The zero-order chi connectivity index (χ0) is 15.3. The third kappa shape index (κ3) is 4.80. The molecule has 1 fully saturated rings. The number of likely N-dealkylation sites (N-methyl/N-ethyl adjacent to an activating group) is 2. The molecule has 1 saturated heterocycles. The molecule has 0 saturated carbocycles. The Balaban J connectivity index is 2.48. The molecule has 6 nitrogen and oxygen atoms in total. The number of hydrogen-bond acceptors (Lipinski definition) is 5. The molecule has 1 heterocycles. The molecule has 1 rings (SSSR count). The number of hydrogen-bond donors (Lipinski definition) is 3. The van der Waals surface area contributed by atoms with Gasteiger partial charge in [0, 0.05) is 38.8 Å². The molecule has 2 unspecified atom stereocenters. The highest BCUT2D eigenvalue weighted by Gasteiger charge is 2.42. The number of amidine groups is 1. The number of nitrogens with zero attached hydrogens (tertiary/aromatic N) is 3. The summed E-state index contributed by atoms with van der Waals surface area (Å²) >= 11 is 0. The van der Waals surface area contributed by atoms with Crippen molar-refractivity contribution in [3.63, 3.8) is 0 Å². The monoisotopic (exact) mass is 297 g/mol. The SMILES string of the molecule is CN1CCN(C)C(CNCC(C(N)=NO)C(F)(F)F)C1. The van der Waals surface area contributed by atoms with Gasteiger partial charge in [-0.25, -0.2) is 0 Å². The molecule has 0 aromatic carbocycles. The van der Waals surface area contributed by atoms with Crippen LogP contribution >= 0.6 is 0 Å². The molecule has 0 aliphatic carbocycles. The Hall–Kier alpha value is -1.06. The molecule has 2 atom stereocenters. The first-order valence-electron chi connectivity index (χ1n) is 6.39. The minimum Gasteiger partial charge on any atom is -0.409 e. The first kappa shape index (κ1) is 17.0. The quantitative estimate of drug-likeness (QED) is 0.282. The van der Waals surface area contributed by atoms with Crippen molar-refractivity contribution in [3.8, 4) is 0 Å². The smallest absolute Gasteiger partial charge is 0.400 e. The number of piperazine rings is 1. The minimum atomic E-state index is -4.53. The van der Waals surface area contributed by atoms with E-state index in [2.05, 4.69) is 20.3 Å². The van der Waals surface area contributed by atoms with E-state index in [0.717, 1.165) is 19.6 Å². The van der Waals surface area contributed by atoms with Crippen LogP contribution in [0.15, 0.2) is 5.16 Å². The van der Waals surface area contributed by atoms with Crippen molar-refractivity contribution in [2.75, 3.05) is 46.8 Å². The first-order valence-corrected chi connectivity index (χ1v) is 6.39. The molecule has 0 bridgehead atoms. The Kier molecular flexibility index (Phi) is 6.03. The lowest BCUT2D eigenvalue weighted by Crippen LogP contribution is -2.54. The van der Waals surface area contributed by atoms with Gasteiger partial charge in [-0.2, -0.15) is 13.2 Å². The maximum Gasteiger partial charge on any atom is 0.400 e. The summed E-state index contributed by atoms with van der Waals surface area (Å²) in [5, 5.41) is 13.6. The molecule has 0 aromatic heterocycles. The summed E-state index contributed by atoms with van der Waals surface area (Å²) in [6.45, 7) is 2.65. The van der Waals surface area contributed by atoms with Crippen molar-refractivity contribution in [1.82, 2.24) is 15.1 Å². The van der Waals surface area contributed by atoms with Crippen molar-refractivity contribution in [1.29, 1.82) is 0 Å². The van der Waals surface area contributed by atoms with Crippen LogP contribution in [0, 0.1) is 5.92 Å². The zero-order valence-corrected chi connectivity index (χ0v) is 11.7. The highest BCUT2D eigenvalue weighted by Crippen LogP contribution is 2.25. The molecule has 118 valence electrons. The average molecular weight is 297 g/mol. The Morgan fingerprint density at radius 3 is 2.65 bits per heavy atom. The van der Waals surface area contributed by atoms with Crippen molar-refractivity contribution in [2.45, 2.75) is 12.2 Å². The van der Waals surface area contributed by atoms with Crippen LogP contribution in [-0.4, -0.2) is 79.9 Å². The van der Waals surface area contributed by atoms with E-state index in [1.165, 1.54) is 0 Å². The highest BCUT2D eigenvalue weighted by molar-refractivity contribution is 5.83. The van der Waals surface area contributed by atoms with Gasteiger partial charge in [0.15, 0.2) is 5.84 Å². The fraction of sp³-hybridized carbons (Fsp3) is 0.909. The first-order chi connectivity index (χ1) is 9.25. The Morgan fingerprint density at radius 1 is 1.45 bits per heavy atom. The van der Waals surface area contributed by atoms with E-state index in [-0.39, 0.29) is 6.04 Å². The van der Waals surface area contributed by atoms with Gasteiger partial charge in [-0.1, -0.05) is 5.16 Å². The zero-order valence-electron chi connectivity index (χ0n) is 11.7. The van der Waals surface area contributed by atoms with Crippen LogP contribution in [-0.2, 0) is 0 Å². The number of nitrogens with one attached hydrogen (secondary N) is 1. The lowest BCUT2D eigenvalue weighted by molar-refractivity contribution is -0.155. The van der Waals surface area contributed by atoms with Crippen molar-refractivity contribution < 1.29 is 18.4 Å². The van der Waals surface area contributed by atoms with Crippen LogP contribution in [0.1, 0.15) is 0 Å². The van der Waals surface area contributed by atoms with Crippen LogP contribution in [0.2, 0.25) is 0 Å². The van der Waals surface area contributed by atoms with Gasteiger partial charge in [0.05, 0.1) is 0 Å². The number of rotatable bonds is 5. The van der Waals surface area contributed by atoms with E-state index in [1.54, 1.807) is 0 Å². The van der Waals surface area contributed by atoms with E-state index in [1.807, 2.05) is 14.1 Å². The maximum atomic E-state index is 12.7. The number of alkyl halides is 3. The van der Waals surface area contributed by atoms with Crippen LogP contribution in [0.25, 0.3) is 0 Å².